The average Bonchev–Trinajstić information content (AvgIpc) is 2.15. The van der Waals surface area contributed by atoms with Crippen LogP contribution >= 0.6 is 12.4 Å². The molecule has 2 aliphatic heterocycles. The number of halogens is 2. The van der Waals surface area contributed by atoms with Gasteiger partial charge in [-0.25, -0.2) is 13.6 Å². The predicted octanol–water partition coefficient (Wildman–Crippen LogP) is -0.846. The fourth-order valence-corrected chi connectivity index (χ4v) is 3.78. The second-order valence-electron chi connectivity index (χ2n) is 5.28. The Morgan fingerprint density at radius 3 is 1.90 bits per heavy atom. The first-order valence-corrected chi connectivity index (χ1v) is 9.71. The van der Waals surface area contributed by atoms with Gasteiger partial charge < -0.3 is 10.2 Å². The lowest BCUT2D eigenvalue weighted by atomic mass is 10.0. The van der Waals surface area contributed by atoms with Gasteiger partial charge in [0, 0.05) is 32.1 Å². The van der Waals surface area contributed by atoms with Crippen molar-refractivity contribution in [2.24, 2.45) is 17.0 Å². The molecule has 0 aromatic rings. The highest BCUT2D eigenvalue weighted by atomic mass is 35.5. The highest BCUT2D eigenvalue weighted by molar-refractivity contribution is 7.89. The predicted molar refractivity (Wildman–Crippen MR) is 82.1 cm³/mol. The third-order valence-corrected chi connectivity index (χ3v) is 5.05. The van der Waals surface area contributed by atoms with Crippen LogP contribution in [0.4, 0.5) is 3.89 Å². The fraction of sp³-hybridized carbons (Fsp3) is 1.00. The van der Waals surface area contributed by atoms with Gasteiger partial charge in [-0.1, -0.05) is 6.92 Å². The molecule has 21 heavy (non-hydrogen) atoms. The number of hydrogen-bond donors (Lipinski definition) is 2. The third kappa shape index (κ3) is 9.59. The number of nitrogens with one attached hydrogen (secondary N) is 1. The van der Waals surface area contributed by atoms with Crippen LogP contribution in [-0.2, 0) is 20.2 Å². The second-order valence-corrected chi connectivity index (χ2v) is 8.35. The van der Waals surface area contributed by atoms with E-state index in [4.69, 9.17) is 5.14 Å². The van der Waals surface area contributed by atoms with Gasteiger partial charge in [-0.3, -0.25) is 0 Å². The topological polar surface area (TPSA) is 110 Å². The third-order valence-electron chi connectivity index (χ3n) is 3.25. The number of hydrogen-bond acceptors (Lipinski definition) is 6. The van der Waals surface area contributed by atoms with E-state index in [0.29, 0.717) is 13.1 Å². The van der Waals surface area contributed by atoms with E-state index >= 15 is 0 Å². The summed E-state index contributed by atoms with van der Waals surface area (Å²) in [6, 6.07) is 0. The Balaban J connectivity index is 0.000000370. The summed E-state index contributed by atoms with van der Waals surface area (Å²) in [7, 11) is -7.47. The summed E-state index contributed by atoms with van der Waals surface area (Å²) in [4.78, 5) is 2.19. The zero-order valence-corrected chi connectivity index (χ0v) is 14.3. The molecule has 0 amide bonds. The molecular weight excluding hydrogens is 345 g/mol. The van der Waals surface area contributed by atoms with Crippen molar-refractivity contribution in [1.82, 2.24) is 10.2 Å². The van der Waals surface area contributed by atoms with E-state index in [1.165, 1.54) is 0 Å². The highest BCUT2D eigenvalue weighted by Gasteiger charge is 2.28. The van der Waals surface area contributed by atoms with Gasteiger partial charge >= 0.3 is 10.2 Å². The van der Waals surface area contributed by atoms with E-state index < -0.39 is 20.2 Å². The summed E-state index contributed by atoms with van der Waals surface area (Å²) in [5.41, 5.74) is 0. The molecule has 0 aromatic heterocycles. The van der Waals surface area contributed by atoms with Crippen LogP contribution in [0.25, 0.3) is 0 Å². The molecule has 128 valence electrons. The van der Waals surface area contributed by atoms with Crippen molar-refractivity contribution < 1.29 is 20.7 Å². The molecule has 2 heterocycles. The molecule has 0 radical (unpaired) electrons. The smallest absolute Gasteiger partial charge is 0.302 e. The Morgan fingerprint density at radius 1 is 1.14 bits per heavy atom. The van der Waals surface area contributed by atoms with Gasteiger partial charge in [0.15, 0.2) is 0 Å². The van der Waals surface area contributed by atoms with Crippen molar-refractivity contribution in [1.29, 1.82) is 0 Å². The Kier molecular flexibility index (Phi) is 8.59. The van der Waals surface area contributed by atoms with Crippen LogP contribution in [0.5, 0.6) is 0 Å². The van der Waals surface area contributed by atoms with Crippen molar-refractivity contribution in [3.63, 3.8) is 0 Å². The summed E-state index contributed by atoms with van der Waals surface area (Å²) < 4.78 is 52.9. The van der Waals surface area contributed by atoms with Gasteiger partial charge in [0.1, 0.15) is 0 Å². The molecule has 0 aliphatic carbocycles. The van der Waals surface area contributed by atoms with Crippen molar-refractivity contribution in [2.75, 3.05) is 44.2 Å². The molecule has 3 N–H and O–H groups in total. The minimum atomic E-state index is -4.22. The van der Waals surface area contributed by atoms with Gasteiger partial charge in [0.2, 0.25) is 10.0 Å². The highest BCUT2D eigenvalue weighted by Crippen LogP contribution is 2.15. The van der Waals surface area contributed by atoms with Crippen LogP contribution in [0, 0.1) is 11.8 Å². The first kappa shape index (κ1) is 21.0. The van der Waals surface area contributed by atoms with Crippen LogP contribution < -0.4 is 10.5 Å². The Morgan fingerprint density at radius 2 is 1.67 bits per heavy atom. The molecule has 0 saturated carbocycles. The molecule has 7 nitrogen and oxygen atoms in total. The zero-order valence-electron chi connectivity index (χ0n) is 11.9. The van der Waals surface area contributed by atoms with Crippen LogP contribution in [0.3, 0.4) is 0 Å². The lowest BCUT2D eigenvalue weighted by Crippen LogP contribution is -2.49. The van der Waals surface area contributed by atoms with Crippen LogP contribution in [0.1, 0.15) is 6.92 Å². The molecule has 0 bridgehead atoms. The second kappa shape index (κ2) is 8.59. The molecule has 2 fully saturated rings. The van der Waals surface area contributed by atoms with Crippen molar-refractivity contribution >= 4 is 32.7 Å². The maximum Gasteiger partial charge on any atom is 0.302 e. The summed E-state index contributed by atoms with van der Waals surface area (Å²) in [6.07, 6.45) is 0. The molecule has 2 saturated heterocycles. The van der Waals surface area contributed by atoms with Crippen molar-refractivity contribution in [3.05, 3.63) is 0 Å². The fourth-order valence-electron chi connectivity index (χ4n) is 2.12. The van der Waals surface area contributed by atoms with Gasteiger partial charge in [-0.15, -0.1) is 16.3 Å². The molecule has 0 atom stereocenters. The first-order valence-electron chi connectivity index (χ1n) is 6.45. The maximum absolute atomic E-state index is 11.8. The largest absolute Gasteiger partial charge is 0.316 e. The number of nitrogens with two attached hydrogens (primary N) is 1. The number of primary sulfonamides is 1. The van der Waals surface area contributed by atoms with E-state index in [-0.39, 0.29) is 35.7 Å². The molecule has 11 heteroatoms. The standard InChI is InChI=1S/C6H14N2O2S.C4H8FNO2S.ClH/c1-2-8-3-6(4-8)5-11(7,9)10;5-9(7,8)3-4-1-6-2-4;/h6H,2-5H2,1H3,(H2,7,9,10);4,6H,1-3H2;1H. The maximum atomic E-state index is 11.8. The lowest BCUT2D eigenvalue weighted by molar-refractivity contribution is 0.123. The monoisotopic (exact) mass is 367 g/mol. The lowest BCUT2D eigenvalue weighted by Gasteiger charge is -2.37. The van der Waals surface area contributed by atoms with Crippen LogP contribution in [-0.4, -0.2) is 66.0 Å². The van der Waals surface area contributed by atoms with E-state index in [1.807, 2.05) is 0 Å². The van der Waals surface area contributed by atoms with Gasteiger partial charge in [0.25, 0.3) is 0 Å². The van der Waals surface area contributed by atoms with Gasteiger partial charge in [-0.05, 0) is 12.5 Å². The number of likely N-dealkylation sites (tertiary alicyclic amines) is 1. The Bertz CT molecular complexity index is 504. The SMILES string of the molecule is CCN1CC(CS(N)(=O)=O)C1.Cl.O=S(=O)(F)CC1CNC1. The Labute approximate surface area is 132 Å². The first-order chi connectivity index (χ1) is 9.09. The molecule has 0 aromatic carbocycles. The van der Waals surface area contributed by atoms with Crippen molar-refractivity contribution in [2.45, 2.75) is 6.92 Å². The van der Waals surface area contributed by atoms with Gasteiger partial charge in [-0.2, -0.15) is 8.42 Å². The molecule has 2 rings (SSSR count). The normalized spacial score (nSPS) is 20.5. The number of sulfonamides is 1. The molecular formula is C10H23ClFN3O4S2. The minimum Gasteiger partial charge on any atom is -0.316 e. The van der Waals surface area contributed by atoms with E-state index in [0.717, 1.165) is 19.6 Å². The molecule has 2 aliphatic rings. The average molecular weight is 368 g/mol. The number of nitrogens with zero attached hydrogens (tertiary/aromatic N) is 1. The van der Waals surface area contributed by atoms with E-state index in [9.17, 15) is 20.7 Å². The minimum absolute atomic E-state index is 0. The Hall–Kier alpha value is -0.0000000000000000763. The van der Waals surface area contributed by atoms with E-state index in [2.05, 4.69) is 17.1 Å². The molecule has 0 spiro atoms. The summed E-state index contributed by atoms with van der Waals surface area (Å²) in [5.74, 6) is 0.0914. The van der Waals surface area contributed by atoms with Crippen molar-refractivity contribution in [3.8, 4) is 0 Å². The summed E-state index contributed by atoms with van der Waals surface area (Å²) in [6.45, 7) is 6.08. The van der Waals surface area contributed by atoms with Crippen LogP contribution in [0.15, 0.2) is 0 Å². The van der Waals surface area contributed by atoms with Gasteiger partial charge in [0.05, 0.1) is 11.5 Å². The quantitative estimate of drug-likeness (QED) is 0.613. The summed E-state index contributed by atoms with van der Waals surface area (Å²) in [5, 5.41) is 7.74. The molecule has 0 unspecified atom stereocenters. The number of rotatable bonds is 5. The summed E-state index contributed by atoms with van der Waals surface area (Å²) >= 11 is 0. The van der Waals surface area contributed by atoms with E-state index in [1.54, 1.807) is 0 Å². The van der Waals surface area contributed by atoms with Crippen LogP contribution in [0.2, 0.25) is 0 Å². The zero-order chi connectivity index (χ0) is 15.4.